The predicted molar refractivity (Wildman–Crippen MR) is 42.4 cm³/mol. The van der Waals surface area contributed by atoms with Crippen LogP contribution in [0.3, 0.4) is 0 Å². The van der Waals surface area contributed by atoms with E-state index in [-0.39, 0.29) is 10.6 Å². The molecule has 1 rings (SSSR count). The molecule has 3 nitrogen and oxygen atoms in total. The van der Waals surface area contributed by atoms with Gasteiger partial charge in [-0.05, 0) is 18.9 Å². The smallest absolute Gasteiger partial charge is 0.258 e. The molecule has 0 aliphatic heterocycles. The summed E-state index contributed by atoms with van der Waals surface area (Å²) in [6.45, 7) is 2.05. The number of rotatable bonds is 2. The van der Waals surface area contributed by atoms with Crippen molar-refractivity contribution in [2.24, 2.45) is 0 Å². The van der Waals surface area contributed by atoms with E-state index >= 15 is 0 Å². The van der Waals surface area contributed by atoms with E-state index in [0.29, 0.717) is 0 Å². The fraction of sp³-hybridized carbons (Fsp3) is 0.375. The van der Waals surface area contributed by atoms with E-state index in [1.807, 2.05) is 13.0 Å². The molecular weight excluding hydrogens is 142 g/mol. The summed E-state index contributed by atoms with van der Waals surface area (Å²) in [6, 6.07) is 0. The molecule has 3 heteroatoms. The van der Waals surface area contributed by atoms with Crippen LogP contribution >= 0.6 is 0 Å². The van der Waals surface area contributed by atoms with Gasteiger partial charge in [-0.1, -0.05) is 13.0 Å². The Labute approximate surface area is 65.6 Å². The van der Waals surface area contributed by atoms with Crippen molar-refractivity contribution >= 4 is 0 Å². The Balaban J connectivity index is 2.60. The van der Waals surface area contributed by atoms with Crippen LogP contribution in [0.25, 0.3) is 0 Å². The minimum Gasteiger partial charge on any atom is -0.258 e. The van der Waals surface area contributed by atoms with Gasteiger partial charge in [0.05, 0.1) is 4.92 Å². The standard InChI is InChI=1S/C8H10NO2/c1-2-7-3-5-8(6-4-7)9(10)11/h3,5-6H,2,4H2,1H3. The maximum atomic E-state index is 10.2. The average Bonchev–Trinajstić information content (AvgIpc) is 2.05. The van der Waals surface area contributed by atoms with Gasteiger partial charge in [0.25, 0.3) is 5.70 Å². The van der Waals surface area contributed by atoms with Crippen LogP contribution in [0.15, 0.2) is 23.9 Å². The molecule has 1 aliphatic carbocycles. The first-order valence-electron chi connectivity index (χ1n) is 3.61. The molecule has 0 aromatic rings. The van der Waals surface area contributed by atoms with E-state index in [9.17, 15) is 10.1 Å². The van der Waals surface area contributed by atoms with Gasteiger partial charge < -0.3 is 0 Å². The third-order valence-corrected chi connectivity index (χ3v) is 1.73. The Morgan fingerprint density at radius 1 is 1.64 bits per heavy atom. The molecule has 0 saturated heterocycles. The van der Waals surface area contributed by atoms with Gasteiger partial charge in [-0.3, -0.25) is 10.1 Å². The number of nitro groups is 1. The molecule has 0 bridgehead atoms. The van der Waals surface area contributed by atoms with Crippen molar-refractivity contribution in [1.82, 2.24) is 0 Å². The van der Waals surface area contributed by atoms with Gasteiger partial charge in [0.1, 0.15) is 0 Å². The van der Waals surface area contributed by atoms with E-state index in [1.54, 1.807) is 12.2 Å². The summed E-state index contributed by atoms with van der Waals surface area (Å²) in [5.74, 6) is 1.25. The topological polar surface area (TPSA) is 43.1 Å². The summed E-state index contributed by atoms with van der Waals surface area (Å²) in [7, 11) is 0. The SMILES string of the molecule is CC[C]1C=CC([N+](=O)[O-])=CC1. The molecule has 0 fully saturated rings. The summed E-state index contributed by atoms with van der Waals surface area (Å²) in [5, 5.41) is 10.2. The van der Waals surface area contributed by atoms with Gasteiger partial charge in [0.15, 0.2) is 0 Å². The van der Waals surface area contributed by atoms with E-state index in [4.69, 9.17) is 0 Å². The van der Waals surface area contributed by atoms with Gasteiger partial charge in [0.2, 0.25) is 0 Å². The second-order valence-corrected chi connectivity index (χ2v) is 2.44. The number of nitrogens with zero attached hydrogens (tertiary/aromatic N) is 1. The molecule has 1 aliphatic rings. The molecule has 0 saturated carbocycles. The molecule has 0 heterocycles. The van der Waals surface area contributed by atoms with Gasteiger partial charge >= 0.3 is 0 Å². The van der Waals surface area contributed by atoms with Crippen LogP contribution in [-0.2, 0) is 0 Å². The molecule has 0 unspecified atom stereocenters. The van der Waals surface area contributed by atoms with Gasteiger partial charge in [0, 0.05) is 12.0 Å². The minimum absolute atomic E-state index is 0.210. The van der Waals surface area contributed by atoms with E-state index in [0.717, 1.165) is 12.8 Å². The Morgan fingerprint density at radius 3 is 2.73 bits per heavy atom. The zero-order chi connectivity index (χ0) is 8.27. The molecule has 0 N–H and O–H groups in total. The van der Waals surface area contributed by atoms with Crippen LogP contribution in [0, 0.1) is 16.0 Å². The molecule has 0 atom stereocenters. The van der Waals surface area contributed by atoms with Crippen LogP contribution < -0.4 is 0 Å². The Hall–Kier alpha value is -1.12. The largest absolute Gasteiger partial charge is 0.265 e. The van der Waals surface area contributed by atoms with Crippen molar-refractivity contribution in [3.05, 3.63) is 40.0 Å². The zero-order valence-corrected chi connectivity index (χ0v) is 6.41. The number of hydrogen-bond acceptors (Lipinski definition) is 2. The predicted octanol–water partition coefficient (Wildman–Crippen LogP) is 2.09. The summed E-state index contributed by atoms with van der Waals surface area (Å²) < 4.78 is 0. The maximum Gasteiger partial charge on any atom is 0.265 e. The highest BCUT2D eigenvalue weighted by Crippen LogP contribution is 2.20. The summed E-state index contributed by atoms with van der Waals surface area (Å²) in [4.78, 5) is 9.87. The molecule has 1 radical (unpaired) electrons. The first-order valence-corrected chi connectivity index (χ1v) is 3.61. The Kier molecular flexibility index (Phi) is 2.41. The first kappa shape index (κ1) is 7.98. The Bertz CT molecular complexity index is 218. The normalized spacial score (nSPS) is 18.1. The third kappa shape index (κ3) is 1.90. The fourth-order valence-electron chi connectivity index (χ4n) is 0.973. The van der Waals surface area contributed by atoms with Gasteiger partial charge in [-0.25, -0.2) is 0 Å². The van der Waals surface area contributed by atoms with Crippen molar-refractivity contribution in [2.45, 2.75) is 19.8 Å². The fourth-order valence-corrected chi connectivity index (χ4v) is 0.973. The number of hydrogen-bond donors (Lipinski definition) is 0. The lowest BCUT2D eigenvalue weighted by Gasteiger charge is -2.08. The van der Waals surface area contributed by atoms with Crippen molar-refractivity contribution in [3.63, 3.8) is 0 Å². The zero-order valence-electron chi connectivity index (χ0n) is 6.41. The molecule has 11 heavy (non-hydrogen) atoms. The van der Waals surface area contributed by atoms with Crippen molar-refractivity contribution in [1.29, 1.82) is 0 Å². The molecular formula is C8H10NO2. The number of allylic oxidation sites excluding steroid dienone is 3. The third-order valence-electron chi connectivity index (χ3n) is 1.73. The van der Waals surface area contributed by atoms with Crippen LogP contribution in [0.4, 0.5) is 0 Å². The molecule has 0 aromatic heterocycles. The lowest BCUT2D eigenvalue weighted by molar-refractivity contribution is -0.419. The summed E-state index contributed by atoms with van der Waals surface area (Å²) in [5.41, 5.74) is 0.210. The summed E-state index contributed by atoms with van der Waals surface area (Å²) in [6.07, 6.45) is 6.74. The Morgan fingerprint density at radius 2 is 2.36 bits per heavy atom. The lowest BCUT2D eigenvalue weighted by atomic mass is 9.97. The second kappa shape index (κ2) is 3.32. The highest BCUT2D eigenvalue weighted by atomic mass is 16.6. The minimum atomic E-state index is -0.358. The van der Waals surface area contributed by atoms with Crippen LogP contribution in [0.2, 0.25) is 0 Å². The quantitative estimate of drug-likeness (QED) is 0.449. The van der Waals surface area contributed by atoms with Crippen molar-refractivity contribution < 1.29 is 4.92 Å². The lowest BCUT2D eigenvalue weighted by Crippen LogP contribution is -2.02. The van der Waals surface area contributed by atoms with E-state index in [1.165, 1.54) is 5.92 Å². The second-order valence-electron chi connectivity index (χ2n) is 2.44. The molecule has 0 spiro atoms. The first-order chi connectivity index (χ1) is 5.24. The van der Waals surface area contributed by atoms with E-state index < -0.39 is 0 Å². The van der Waals surface area contributed by atoms with Crippen molar-refractivity contribution in [3.8, 4) is 0 Å². The highest BCUT2D eigenvalue weighted by molar-refractivity contribution is 5.27. The van der Waals surface area contributed by atoms with Crippen LogP contribution in [0.1, 0.15) is 19.8 Å². The highest BCUT2D eigenvalue weighted by Gasteiger charge is 2.13. The average molecular weight is 152 g/mol. The summed E-state index contributed by atoms with van der Waals surface area (Å²) >= 11 is 0. The van der Waals surface area contributed by atoms with Gasteiger partial charge in [-0.2, -0.15) is 0 Å². The monoisotopic (exact) mass is 152 g/mol. The molecule has 59 valence electrons. The van der Waals surface area contributed by atoms with Crippen LogP contribution in [0.5, 0.6) is 0 Å². The van der Waals surface area contributed by atoms with Gasteiger partial charge in [-0.15, -0.1) is 0 Å². The molecule has 0 amide bonds. The van der Waals surface area contributed by atoms with Crippen LogP contribution in [-0.4, -0.2) is 4.92 Å². The van der Waals surface area contributed by atoms with E-state index in [2.05, 4.69) is 0 Å². The van der Waals surface area contributed by atoms with Crippen molar-refractivity contribution in [2.75, 3.05) is 0 Å². The maximum absolute atomic E-state index is 10.2. The molecule has 0 aromatic carbocycles.